The number of amides is 1. The minimum Gasteiger partial charge on any atom is -0.315 e. The first-order chi connectivity index (χ1) is 10.7. The lowest BCUT2D eigenvalue weighted by Crippen LogP contribution is -2.38. The Hall–Kier alpha value is -1.34. The predicted molar refractivity (Wildman–Crippen MR) is 95.1 cm³/mol. The molecule has 1 aromatic carbocycles. The fourth-order valence-corrected chi connectivity index (χ4v) is 7.46. The summed E-state index contributed by atoms with van der Waals surface area (Å²) in [6, 6.07) is 4.01. The molecule has 0 bridgehead atoms. The molecule has 7 heteroatoms. The topological polar surface area (TPSA) is 66.8 Å². The zero-order chi connectivity index (χ0) is 16.9. The molecule has 0 N–H and O–H groups in total. The fraction of sp³-hybridized carbons (Fsp3) is 0.500. The number of anilines is 1. The molecule has 23 heavy (non-hydrogen) atoms. The maximum Gasteiger partial charge on any atom is 0.244 e. The van der Waals surface area contributed by atoms with E-state index in [1.807, 2.05) is 25.7 Å². The van der Waals surface area contributed by atoms with Crippen LogP contribution in [0.3, 0.4) is 0 Å². The highest BCUT2D eigenvalue weighted by molar-refractivity contribution is 8.16. The summed E-state index contributed by atoms with van der Waals surface area (Å²) >= 11 is 1.41. The second-order valence-corrected chi connectivity index (χ2v) is 9.69. The standard InChI is InChI=1S/C16H20N2O3S2/c1-9-5-10(2)15(11(3)6-9)18-13-7-23(20,21)8-14(13)22-16(18)17-12(4)19/h5-6,13-14H,7-8H2,1-4H3/t13-,14+/m0/s1. The van der Waals surface area contributed by atoms with Crippen LogP contribution in [0.5, 0.6) is 0 Å². The van der Waals surface area contributed by atoms with Gasteiger partial charge in [-0.3, -0.25) is 4.79 Å². The summed E-state index contributed by atoms with van der Waals surface area (Å²) < 4.78 is 24.1. The van der Waals surface area contributed by atoms with Crippen molar-refractivity contribution in [2.24, 2.45) is 4.99 Å². The monoisotopic (exact) mass is 352 g/mol. The summed E-state index contributed by atoms with van der Waals surface area (Å²) in [7, 11) is -3.03. The lowest BCUT2D eigenvalue weighted by atomic mass is 10.0. The summed E-state index contributed by atoms with van der Waals surface area (Å²) in [6.07, 6.45) is 0. The first-order valence-corrected chi connectivity index (χ1v) is 10.2. The van der Waals surface area contributed by atoms with E-state index in [9.17, 15) is 13.2 Å². The second kappa shape index (κ2) is 5.63. The van der Waals surface area contributed by atoms with E-state index in [2.05, 4.69) is 17.1 Å². The number of benzene rings is 1. The molecule has 1 amide bonds. The summed E-state index contributed by atoms with van der Waals surface area (Å²) in [5, 5.41) is 0.565. The lowest BCUT2D eigenvalue weighted by Gasteiger charge is -2.28. The van der Waals surface area contributed by atoms with Gasteiger partial charge in [0, 0.05) is 17.9 Å². The molecule has 1 aromatic rings. The number of aryl methyl sites for hydroxylation is 3. The Labute approximate surface area is 141 Å². The molecule has 3 rings (SSSR count). The molecule has 2 aliphatic heterocycles. The quantitative estimate of drug-likeness (QED) is 0.775. The van der Waals surface area contributed by atoms with E-state index in [0.29, 0.717) is 5.17 Å². The molecule has 0 aliphatic carbocycles. The van der Waals surface area contributed by atoms with Gasteiger partial charge in [-0.25, -0.2) is 8.42 Å². The third kappa shape index (κ3) is 3.04. The summed E-state index contributed by atoms with van der Waals surface area (Å²) in [6.45, 7) is 7.49. The molecule has 0 radical (unpaired) electrons. The van der Waals surface area contributed by atoms with E-state index in [1.165, 1.54) is 18.7 Å². The van der Waals surface area contributed by atoms with Crippen molar-refractivity contribution in [3.8, 4) is 0 Å². The van der Waals surface area contributed by atoms with Crippen molar-refractivity contribution in [3.63, 3.8) is 0 Å². The van der Waals surface area contributed by atoms with Gasteiger partial charge in [0.05, 0.1) is 17.5 Å². The van der Waals surface area contributed by atoms with Crippen LogP contribution in [0, 0.1) is 20.8 Å². The SMILES string of the molecule is CC(=O)N=C1S[C@@H]2CS(=O)(=O)C[C@@H]2N1c1c(C)cc(C)cc1C. The number of aliphatic imine (C=N–C) groups is 1. The minimum absolute atomic E-state index is 0.0572. The minimum atomic E-state index is -3.03. The van der Waals surface area contributed by atoms with Gasteiger partial charge in [-0.15, -0.1) is 0 Å². The van der Waals surface area contributed by atoms with Crippen LogP contribution >= 0.6 is 11.8 Å². The van der Waals surface area contributed by atoms with Crippen molar-refractivity contribution in [2.75, 3.05) is 16.4 Å². The van der Waals surface area contributed by atoms with E-state index >= 15 is 0 Å². The number of hydrogen-bond acceptors (Lipinski definition) is 4. The van der Waals surface area contributed by atoms with Crippen molar-refractivity contribution in [1.29, 1.82) is 0 Å². The molecule has 0 aromatic heterocycles. The molecular weight excluding hydrogens is 332 g/mol. The summed E-state index contributed by atoms with van der Waals surface area (Å²) in [5.74, 6) is 0.0105. The van der Waals surface area contributed by atoms with E-state index in [4.69, 9.17) is 0 Å². The van der Waals surface area contributed by atoms with Gasteiger partial charge in [0.2, 0.25) is 5.91 Å². The Bertz CT molecular complexity index is 792. The Balaban J connectivity index is 2.14. The number of carbonyl (C=O) groups is 1. The largest absolute Gasteiger partial charge is 0.315 e. The van der Waals surface area contributed by atoms with Crippen molar-refractivity contribution >= 4 is 38.4 Å². The third-order valence-corrected chi connectivity index (χ3v) is 7.41. The highest BCUT2D eigenvalue weighted by atomic mass is 32.2. The smallest absolute Gasteiger partial charge is 0.244 e. The van der Waals surface area contributed by atoms with E-state index in [0.717, 1.165) is 22.4 Å². The van der Waals surface area contributed by atoms with Crippen molar-refractivity contribution in [1.82, 2.24) is 0 Å². The number of rotatable bonds is 1. The second-order valence-electron chi connectivity index (χ2n) is 6.33. The average molecular weight is 352 g/mol. The van der Waals surface area contributed by atoms with Gasteiger partial charge in [0.15, 0.2) is 15.0 Å². The van der Waals surface area contributed by atoms with E-state index in [1.54, 1.807) is 0 Å². The van der Waals surface area contributed by atoms with Gasteiger partial charge in [-0.2, -0.15) is 4.99 Å². The Kier molecular flexibility index (Phi) is 4.04. The molecule has 2 atom stereocenters. The third-order valence-electron chi connectivity index (χ3n) is 4.20. The Morgan fingerprint density at radius 1 is 1.22 bits per heavy atom. The van der Waals surface area contributed by atoms with Crippen molar-refractivity contribution in [2.45, 2.75) is 39.0 Å². The molecule has 2 fully saturated rings. The Morgan fingerprint density at radius 3 is 2.39 bits per heavy atom. The van der Waals surface area contributed by atoms with Gasteiger partial charge in [0.1, 0.15) is 0 Å². The van der Waals surface area contributed by atoms with Gasteiger partial charge in [-0.1, -0.05) is 29.5 Å². The molecular formula is C16H20N2O3S2. The average Bonchev–Trinajstić information content (AvgIpc) is 2.81. The molecule has 0 spiro atoms. The molecule has 5 nitrogen and oxygen atoms in total. The summed E-state index contributed by atoms with van der Waals surface area (Å²) in [4.78, 5) is 17.6. The van der Waals surface area contributed by atoms with Crippen LogP contribution in [0.2, 0.25) is 0 Å². The number of amidine groups is 1. The number of hydrogen-bond donors (Lipinski definition) is 0. The summed E-state index contributed by atoms with van der Waals surface area (Å²) in [5.41, 5.74) is 4.29. The maximum absolute atomic E-state index is 12.0. The van der Waals surface area contributed by atoms with Crippen LogP contribution in [0.4, 0.5) is 5.69 Å². The van der Waals surface area contributed by atoms with Gasteiger partial charge >= 0.3 is 0 Å². The number of nitrogens with zero attached hydrogens (tertiary/aromatic N) is 2. The Morgan fingerprint density at radius 2 is 1.83 bits per heavy atom. The molecule has 0 unspecified atom stereocenters. The molecule has 0 saturated carbocycles. The lowest BCUT2D eigenvalue weighted by molar-refractivity contribution is -0.115. The first kappa shape index (κ1) is 16.5. The van der Waals surface area contributed by atoms with E-state index in [-0.39, 0.29) is 28.7 Å². The molecule has 2 saturated heterocycles. The van der Waals surface area contributed by atoms with Crippen LogP contribution in [0.1, 0.15) is 23.6 Å². The molecule has 124 valence electrons. The highest BCUT2D eigenvalue weighted by Crippen LogP contribution is 2.43. The highest BCUT2D eigenvalue weighted by Gasteiger charge is 2.49. The zero-order valence-corrected chi connectivity index (χ0v) is 15.3. The first-order valence-electron chi connectivity index (χ1n) is 7.51. The van der Waals surface area contributed by atoms with Crippen LogP contribution < -0.4 is 4.90 Å². The van der Waals surface area contributed by atoms with Crippen LogP contribution in [0.25, 0.3) is 0 Å². The van der Waals surface area contributed by atoms with Gasteiger partial charge < -0.3 is 4.90 Å². The van der Waals surface area contributed by atoms with Gasteiger partial charge in [-0.05, 0) is 31.9 Å². The van der Waals surface area contributed by atoms with E-state index < -0.39 is 9.84 Å². The number of sulfone groups is 1. The van der Waals surface area contributed by atoms with Crippen LogP contribution in [-0.2, 0) is 14.6 Å². The zero-order valence-electron chi connectivity index (χ0n) is 13.7. The van der Waals surface area contributed by atoms with Crippen LogP contribution in [0.15, 0.2) is 17.1 Å². The molecule has 2 aliphatic rings. The fourth-order valence-electron chi connectivity index (χ4n) is 3.51. The van der Waals surface area contributed by atoms with Gasteiger partial charge in [0.25, 0.3) is 0 Å². The number of fused-ring (bicyclic) bond motifs is 1. The van der Waals surface area contributed by atoms with Crippen molar-refractivity contribution < 1.29 is 13.2 Å². The normalized spacial score (nSPS) is 27.5. The van der Waals surface area contributed by atoms with Crippen molar-refractivity contribution in [3.05, 3.63) is 28.8 Å². The van der Waals surface area contributed by atoms with Crippen LogP contribution in [-0.4, -0.2) is 42.3 Å². The molecule has 2 heterocycles. The predicted octanol–water partition coefficient (Wildman–Crippen LogP) is 2.23. The maximum atomic E-state index is 12.0. The number of thioether (sulfide) groups is 1. The number of carbonyl (C=O) groups excluding carboxylic acids is 1.